The summed E-state index contributed by atoms with van der Waals surface area (Å²) < 4.78 is 0. The van der Waals surface area contributed by atoms with E-state index in [1.165, 1.54) is 37.1 Å². The van der Waals surface area contributed by atoms with Gasteiger partial charge in [-0.05, 0) is 47.8 Å². The molecular formula is C13H17N. The minimum absolute atomic E-state index is 0.317. The summed E-state index contributed by atoms with van der Waals surface area (Å²) >= 11 is 0. The lowest BCUT2D eigenvalue weighted by atomic mass is 9.71. The van der Waals surface area contributed by atoms with E-state index in [-0.39, 0.29) is 0 Å². The molecule has 0 spiro atoms. The van der Waals surface area contributed by atoms with Crippen LogP contribution in [0.3, 0.4) is 0 Å². The summed E-state index contributed by atoms with van der Waals surface area (Å²) in [4.78, 5) is 4.72. The topological polar surface area (TPSA) is 12.9 Å². The first-order valence-electron chi connectivity index (χ1n) is 5.61. The van der Waals surface area contributed by atoms with Crippen molar-refractivity contribution >= 4 is 0 Å². The van der Waals surface area contributed by atoms with Crippen molar-refractivity contribution in [2.24, 2.45) is 0 Å². The van der Waals surface area contributed by atoms with E-state index < -0.39 is 0 Å². The van der Waals surface area contributed by atoms with Gasteiger partial charge in [0, 0.05) is 11.4 Å². The minimum atomic E-state index is 0.317. The van der Waals surface area contributed by atoms with Crippen molar-refractivity contribution in [1.82, 2.24) is 4.98 Å². The maximum atomic E-state index is 4.72. The van der Waals surface area contributed by atoms with Gasteiger partial charge < -0.3 is 0 Å². The molecule has 0 bridgehead atoms. The Bertz CT molecular complexity index is 380. The highest BCUT2D eigenvalue weighted by Gasteiger charge is 2.33. The molecule has 0 N–H and O–H groups in total. The Kier molecular flexibility index (Phi) is 1.44. The van der Waals surface area contributed by atoms with Crippen molar-refractivity contribution in [3.8, 4) is 0 Å². The molecule has 0 atom stereocenters. The molecule has 0 saturated carbocycles. The van der Waals surface area contributed by atoms with Gasteiger partial charge in [0.2, 0.25) is 0 Å². The molecule has 0 fully saturated rings. The Morgan fingerprint density at radius 2 is 1.36 bits per heavy atom. The molecule has 2 aliphatic rings. The second-order valence-electron chi connectivity index (χ2n) is 5.59. The van der Waals surface area contributed by atoms with Gasteiger partial charge in [0.15, 0.2) is 0 Å². The van der Waals surface area contributed by atoms with Gasteiger partial charge in [0.05, 0.1) is 0 Å². The van der Waals surface area contributed by atoms with Gasteiger partial charge in [0.1, 0.15) is 0 Å². The number of pyridine rings is 1. The number of hydrogen-bond donors (Lipinski definition) is 0. The van der Waals surface area contributed by atoms with Crippen molar-refractivity contribution in [1.29, 1.82) is 0 Å². The largest absolute Gasteiger partial charge is 0.257 e. The molecule has 74 valence electrons. The Balaban J connectivity index is 2.27. The van der Waals surface area contributed by atoms with Crippen molar-refractivity contribution in [2.75, 3.05) is 0 Å². The Labute approximate surface area is 85.6 Å². The van der Waals surface area contributed by atoms with E-state index in [2.05, 4.69) is 20.8 Å². The van der Waals surface area contributed by atoms with Crippen molar-refractivity contribution in [3.05, 3.63) is 28.1 Å². The zero-order valence-corrected chi connectivity index (χ0v) is 9.28. The molecule has 3 rings (SSSR count). The SMILES string of the molecule is CC(C)(C)c1c2c(nc3c1CC3)CC2. The van der Waals surface area contributed by atoms with Crippen LogP contribution in [-0.4, -0.2) is 4.98 Å². The van der Waals surface area contributed by atoms with Crippen LogP contribution in [0, 0.1) is 0 Å². The molecule has 1 heteroatoms. The number of rotatable bonds is 0. The molecule has 0 amide bonds. The second kappa shape index (κ2) is 2.39. The first kappa shape index (κ1) is 8.46. The second-order valence-corrected chi connectivity index (χ2v) is 5.59. The first-order chi connectivity index (χ1) is 6.57. The smallest absolute Gasteiger partial charge is 0.0445 e. The summed E-state index contributed by atoms with van der Waals surface area (Å²) in [7, 11) is 0. The predicted octanol–water partition coefficient (Wildman–Crippen LogP) is 2.58. The van der Waals surface area contributed by atoms with E-state index in [4.69, 9.17) is 4.98 Å². The zero-order chi connectivity index (χ0) is 9.92. The van der Waals surface area contributed by atoms with Crippen LogP contribution >= 0.6 is 0 Å². The van der Waals surface area contributed by atoms with E-state index in [1.54, 1.807) is 16.7 Å². The van der Waals surface area contributed by atoms with Crippen LogP contribution in [0.1, 0.15) is 48.8 Å². The minimum Gasteiger partial charge on any atom is -0.257 e. The van der Waals surface area contributed by atoms with E-state index in [1.807, 2.05) is 0 Å². The van der Waals surface area contributed by atoms with Gasteiger partial charge in [-0.25, -0.2) is 0 Å². The van der Waals surface area contributed by atoms with Crippen LogP contribution in [-0.2, 0) is 31.1 Å². The third kappa shape index (κ3) is 0.930. The molecule has 1 nitrogen and oxygen atoms in total. The summed E-state index contributed by atoms with van der Waals surface area (Å²) in [5, 5.41) is 0. The van der Waals surface area contributed by atoms with Crippen LogP contribution < -0.4 is 0 Å². The summed E-state index contributed by atoms with van der Waals surface area (Å²) in [5.74, 6) is 0. The third-order valence-corrected chi connectivity index (χ3v) is 3.54. The molecule has 2 aliphatic carbocycles. The molecule has 0 radical (unpaired) electrons. The summed E-state index contributed by atoms with van der Waals surface area (Å²) in [5.41, 5.74) is 7.90. The fourth-order valence-electron chi connectivity index (χ4n) is 2.76. The van der Waals surface area contributed by atoms with Crippen LogP contribution in [0.15, 0.2) is 0 Å². The highest BCUT2D eigenvalue weighted by atomic mass is 14.8. The van der Waals surface area contributed by atoms with Crippen molar-refractivity contribution in [3.63, 3.8) is 0 Å². The van der Waals surface area contributed by atoms with Crippen LogP contribution in [0.2, 0.25) is 0 Å². The molecule has 0 unspecified atom stereocenters. The van der Waals surface area contributed by atoms with Gasteiger partial charge in [0.25, 0.3) is 0 Å². The van der Waals surface area contributed by atoms with E-state index in [9.17, 15) is 0 Å². The number of fused-ring (bicyclic) bond motifs is 2. The molecule has 0 aromatic carbocycles. The molecular weight excluding hydrogens is 170 g/mol. The van der Waals surface area contributed by atoms with Crippen LogP contribution in [0.4, 0.5) is 0 Å². The monoisotopic (exact) mass is 187 g/mol. The number of aryl methyl sites for hydroxylation is 2. The van der Waals surface area contributed by atoms with Gasteiger partial charge in [-0.2, -0.15) is 0 Å². The van der Waals surface area contributed by atoms with Gasteiger partial charge in [-0.3, -0.25) is 4.98 Å². The summed E-state index contributed by atoms with van der Waals surface area (Å²) in [6.45, 7) is 7.00. The molecule has 0 aliphatic heterocycles. The lowest BCUT2D eigenvalue weighted by molar-refractivity contribution is 0.541. The Morgan fingerprint density at radius 1 is 0.857 bits per heavy atom. The van der Waals surface area contributed by atoms with Gasteiger partial charge in [-0.1, -0.05) is 20.8 Å². The average molecular weight is 187 g/mol. The lowest BCUT2D eigenvalue weighted by Crippen LogP contribution is -2.30. The van der Waals surface area contributed by atoms with Gasteiger partial charge in [-0.15, -0.1) is 0 Å². The maximum Gasteiger partial charge on any atom is 0.0445 e. The first-order valence-corrected chi connectivity index (χ1v) is 5.61. The van der Waals surface area contributed by atoms with E-state index in [0.717, 1.165) is 0 Å². The zero-order valence-electron chi connectivity index (χ0n) is 9.28. The Hall–Kier alpha value is -0.850. The lowest BCUT2D eigenvalue weighted by Gasteiger charge is -2.36. The molecule has 1 aromatic heterocycles. The fraction of sp³-hybridized carbons (Fsp3) is 0.615. The summed E-state index contributed by atoms with van der Waals surface area (Å²) in [6.07, 6.45) is 4.96. The van der Waals surface area contributed by atoms with Crippen LogP contribution in [0.25, 0.3) is 0 Å². The molecule has 1 aromatic rings. The molecule has 1 heterocycles. The van der Waals surface area contributed by atoms with E-state index in [0.29, 0.717) is 5.41 Å². The fourth-order valence-corrected chi connectivity index (χ4v) is 2.76. The normalized spacial score (nSPS) is 17.9. The molecule has 14 heavy (non-hydrogen) atoms. The summed E-state index contributed by atoms with van der Waals surface area (Å²) in [6, 6.07) is 0. The third-order valence-electron chi connectivity index (χ3n) is 3.54. The number of nitrogens with zero attached hydrogens (tertiary/aromatic N) is 1. The van der Waals surface area contributed by atoms with Crippen molar-refractivity contribution < 1.29 is 0 Å². The highest BCUT2D eigenvalue weighted by Crippen LogP contribution is 2.40. The number of hydrogen-bond acceptors (Lipinski definition) is 1. The standard InChI is InChI=1S/C13H17N/c1-13(2,3)12-8-4-6-10(8)14-11-7-5-9(11)12/h4-7H2,1-3H3. The quantitative estimate of drug-likeness (QED) is 0.608. The Morgan fingerprint density at radius 3 is 1.64 bits per heavy atom. The van der Waals surface area contributed by atoms with Crippen molar-refractivity contribution in [2.45, 2.75) is 51.9 Å². The number of aromatic nitrogens is 1. The van der Waals surface area contributed by atoms with Crippen LogP contribution in [0.5, 0.6) is 0 Å². The van der Waals surface area contributed by atoms with E-state index >= 15 is 0 Å². The predicted molar refractivity (Wildman–Crippen MR) is 57.8 cm³/mol. The molecule has 0 saturated heterocycles. The highest BCUT2D eigenvalue weighted by molar-refractivity contribution is 5.51. The maximum absolute atomic E-state index is 4.72. The average Bonchev–Trinajstić information content (AvgIpc) is 1.95. The van der Waals surface area contributed by atoms with Gasteiger partial charge >= 0.3 is 0 Å².